The number of carbonyl (C=O) groups is 1. The number of amides is 1. The van der Waals surface area contributed by atoms with Crippen LogP contribution >= 0.6 is 15.9 Å². The first-order valence-corrected chi connectivity index (χ1v) is 6.06. The molecule has 0 aliphatic heterocycles. The maximum atomic E-state index is 11.8. The van der Waals surface area contributed by atoms with E-state index < -0.39 is 4.92 Å². The van der Waals surface area contributed by atoms with Gasteiger partial charge < -0.3 is 10.1 Å². The van der Waals surface area contributed by atoms with Crippen molar-refractivity contribution < 1.29 is 14.5 Å². The van der Waals surface area contributed by atoms with Crippen LogP contribution in [0.25, 0.3) is 0 Å². The first-order chi connectivity index (χ1) is 8.56. The van der Waals surface area contributed by atoms with Crippen LogP contribution in [0.1, 0.15) is 16.8 Å². The fraction of sp³-hybridized carbons (Fsp3) is 0.364. The largest absolute Gasteiger partial charge is 0.385 e. The average molecular weight is 317 g/mol. The van der Waals surface area contributed by atoms with Crippen LogP contribution < -0.4 is 5.32 Å². The summed E-state index contributed by atoms with van der Waals surface area (Å²) in [4.78, 5) is 21.9. The van der Waals surface area contributed by atoms with Crippen LogP contribution in [0.2, 0.25) is 0 Å². The van der Waals surface area contributed by atoms with Crippen molar-refractivity contribution in [2.24, 2.45) is 0 Å². The third-order valence-corrected chi connectivity index (χ3v) is 2.91. The van der Waals surface area contributed by atoms with Gasteiger partial charge in [-0.1, -0.05) is 0 Å². The number of rotatable bonds is 6. The first kappa shape index (κ1) is 14.6. The minimum atomic E-state index is -0.534. The molecule has 0 aliphatic carbocycles. The van der Waals surface area contributed by atoms with Gasteiger partial charge in [-0.2, -0.15) is 0 Å². The van der Waals surface area contributed by atoms with Crippen LogP contribution in [-0.4, -0.2) is 31.1 Å². The van der Waals surface area contributed by atoms with Crippen LogP contribution in [0.15, 0.2) is 22.7 Å². The highest BCUT2D eigenvalue weighted by molar-refractivity contribution is 9.10. The minimum absolute atomic E-state index is 0.111. The van der Waals surface area contributed by atoms with Gasteiger partial charge >= 0.3 is 0 Å². The number of halogens is 1. The molecule has 0 fully saturated rings. The molecule has 0 spiro atoms. The number of benzene rings is 1. The summed E-state index contributed by atoms with van der Waals surface area (Å²) in [6, 6.07) is 4.07. The lowest BCUT2D eigenvalue weighted by Crippen LogP contribution is -2.25. The van der Waals surface area contributed by atoms with Gasteiger partial charge in [0.15, 0.2) is 0 Å². The molecule has 1 rings (SSSR count). The van der Waals surface area contributed by atoms with Crippen molar-refractivity contribution in [3.8, 4) is 0 Å². The number of hydrogen-bond acceptors (Lipinski definition) is 4. The van der Waals surface area contributed by atoms with Gasteiger partial charge in [0, 0.05) is 36.9 Å². The van der Waals surface area contributed by atoms with Crippen LogP contribution in [0.3, 0.4) is 0 Å². The number of nitrogens with one attached hydrogen (secondary N) is 1. The molecule has 1 aromatic rings. The summed E-state index contributed by atoms with van der Waals surface area (Å²) >= 11 is 3.19. The lowest BCUT2D eigenvalue weighted by atomic mass is 10.2. The van der Waals surface area contributed by atoms with E-state index in [0.29, 0.717) is 24.0 Å². The van der Waals surface area contributed by atoms with Gasteiger partial charge in [0.25, 0.3) is 11.6 Å². The van der Waals surface area contributed by atoms with Gasteiger partial charge in [-0.15, -0.1) is 0 Å². The fourth-order valence-electron chi connectivity index (χ4n) is 1.31. The van der Waals surface area contributed by atoms with E-state index in [1.165, 1.54) is 18.2 Å². The molecule has 1 aromatic carbocycles. The summed E-state index contributed by atoms with van der Waals surface area (Å²) in [6.45, 7) is 1.01. The summed E-state index contributed by atoms with van der Waals surface area (Å²) in [6.07, 6.45) is 0.689. The van der Waals surface area contributed by atoms with E-state index in [0.717, 1.165) is 0 Å². The monoisotopic (exact) mass is 316 g/mol. The van der Waals surface area contributed by atoms with Crippen molar-refractivity contribution in [1.82, 2.24) is 5.32 Å². The highest BCUT2D eigenvalue weighted by atomic mass is 79.9. The molecule has 0 unspecified atom stereocenters. The number of carbonyl (C=O) groups excluding carboxylic acids is 1. The highest BCUT2D eigenvalue weighted by Gasteiger charge is 2.14. The SMILES string of the molecule is COCCCNC(=O)c1cc([N+](=O)[O-])ccc1Br. The van der Waals surface area contributed by atoms with E-state index in [2.05, 4.69) is 21.2 Å². The van der Waals surface area contributed by atoms with Crippen LogP contribution in [0.4, 0.5) is 5.69 Å². The first-order valence-electron chi connectivity index (χ1n) is 5.27. The van der Waals surface area contributed by atoms with Gasteiger partial charge in [0.1, 0.15) is 0 Å². The highest BCUT2D eigenvalue weighted by Crippen LogP contribution is 2.22. The molecule has 0 heterocycles. The van der Waals surface area contributed by atoms with Crippen molar-refractivity contribution in [2.45, 2.75) is 6.42 Å². The van der Waals surface area contributed by atoms with E-state index in [4.69, 9.17) is 4.74 Å². The number of nitro benzene ring substituents is 1. The van der Waals surface area contributed by atoms with Gasteiger partial charge in [-0.3, -0.25) is 14.9 Å². The van der Waals surface area contributed by atoms with Crippen LogP contribution in [0, 0.1) is 10.1 Å². The molecule has 18 heavy (non-hydrogen) atoms. The molecule has 0 radical (unpaired) electrons. The lowest BCUT2D eigenvalue weighted by Gasteiger charge is -2.06. The molecule has 0 saturated carbocycles. The molecule has 0 aromatic heterocycles. The Bertz CT molecular complexity index is 451. The summed E-state index contributed by atoms with van der Waals surface area (Å²) in [5.41, 5.74) is 0.141. The molecule has 1 N–H and O–H groups in total. The summed E-state index contributed by atoms with van der Waals surface area (Å²) in [5, 5.41) is 13.3. The third-order valence-electron chi connectivity index (χ3n) is 2.22. The molecular formula is C11H13BrN2O4. The van der Waals surface area contributed by atoms with Crippen LogP contribution in [0.5, 0.6) is 0 Å². The maximum absolute atomic E-state index is 11.8. The van der Waals surface area contributed by atoms with E-state index in [1.54, 1.807) is 7.11 Å². The minimum Gasteiger partial charge on any atom is -0.385 e. The third kappa shape index (κ3) is 4.08. The number of nitrogens with zero attached hydrogens (tertiary/aromatic N) is 1. The maximum Gasteiger partial charge on any atom is 0.270 e. The molecule has 6 nitrogen and oxygen atoms in total. The van der Waals surface area contributed by atoms with Crippen molar-refractivity contribution in [1.29, 1.82) is 0 Å². The van der Waals surface area contributed by atoms with Crippen molar-refractivity contribution >= 4 is 27.5 Å². The van der Waals surface area contributed by atoms with E-state index in [-0.39, 0.29) is 17.2 Å². The zero-order valence-corrected chi connectivity index (χ0v) is 11.4. The molecule has 0 atom stereocenters. The van der Waals surface area contributed by atoms with E-state index >= 15 is 0 Å². The molecule has 1 amide bonds. The zero-order chi connectivity index (χ0) is 13.5. The van der Waals surface area contributed by atoms with Gasteiger partial charge in [0.05, 0.1) is 10.5 Å². The number of non-ortho nitro benzene ring substituents is 1. The summed E-state index contributed by atoms with van der Waals surface area (Å²) < 4.78 is 5.38. The quantitative estimate of drug-likeness (QED) is 0.495. The Labute approximate surface area is 113 Å². The Hall–Kier alpha value is -1.47. The normalized spacial score (nSPS) is 10.1. The van der Waals surface area contributed by atoms with E-state index in [1.807, 2.05) is 0 Å². The number of nitro groups is 1. The Morgan fingerprint density at radius 2 is 2.28 bits per heavy atom. The predicted octanol–water partition coefficient (Wildman–Crippen LogP) is 2.12. The smallest absolute Gasteiger partial charge is 0.270 e. The Morgan fingerprint density at radius 3 is 2.89 bits per heavy atom. The van der Waals surface area contributed by atoms with Crippen LogP contribution in [-0.2, 0) is 4.74 Å². The average Bonchev–Trinajstić information content (AvgIpc) is 2.34. The van der Waals surface area contributed by atoms with Gasteiger partial charge in [0.2, 0.25) is 0 Å². The van der Waals surface area contributed by atoms with Crippen molar-refractivity contribution in [3.63, 3.8) is 0 Å². The molecule has 98 valence electrons. The summed E-state index contributed by atoms with van der Waals surface area (Å²) in [7, 11) is 1.58. The van der Waals surface area contributed by atoms with Gasteiger partial charge in [-0.05, 0) is 28.4 Å². The molecule has 0 bridgehead atoms. The fourth-order valence-corrected chi connectivity index (χ4v) is 1.74. The molecule has 0 saturated heterocycles. The predicted molar refractivity (Wildman–Crippen MR) is 69.6 cm³/mol. The second kappa shape index (κ2) is 7.07. The molecular weight excluding hydrogens is 304 g/mol. The Morgan fingerprint density at radius 1 is 1.56 bits per heavy atom. The lowest BCUT2D eigenvalue weighted by molar-refractivity contribution is -0.384. The molecule has 0 aliphatic rings. The standard InChI is InChI=1S/C11H13BrN2O4/c1-18-6-2-5-13-11(15)9-7-8(14(16)17)3-4-10(9)12/h3-4,7H,2,5-6H2,1H3,(H,13,15). The van der Waals surface area contributed by atoms with Gasteiger partial charge in [-0.25, -0.2) is 0 Å². The molecule has 7 heteroatoms. The topological polar surface area (TPSA) is 81.5 Å². The number of ether oxygens (including phenoxy) is 1. The van der Waals surface area contributed by atoms with E-state index in [9.17, 15) is 14.9 Å². The van der Waals surface area contributed by atoms with Crippen molar-refractivity contribution in [2.75, 3.05) is 20.3 Å². The number of hydrogen-bond donors (Lipinski definition) is 1. The second-order valence-electron chi connectivity index (χ2n) is 3.52. The Balaban J connectivity index is 2.72. The zero-order valence-electron chi connectivity index (χ0n) is 9.81. The second-order valence-corrected chi connectivity index (χ2v) is 4.38. The summed E-state index contributed by atoms with van der Waals surface area (Å²) in [5.74, 6) is -0.346. The van der Waals surface area contributed by atoms with Crippen molar-refractivity contribution in [3.05, 3.63) is 38.3 Å². The number of methoxy groups -OCH3 is 1. The Kier molecular flexibility index (Phi) is 5.73.